The van der Waals surface area contributed by atoms with Crippen molar-refractivity contribution in [2.75, 3.05) is 7.11 Å². The molecule has 0 spiro atoms. The van der Waals surface area contributed by atoms with Gasteiger partial charge in [-0.25, -0.2) is 14.6 Å². The van der Waals surface area contributed by atoms with Crippen LogP contribution in [0.25, 0.3) is 0 Å². The molecule has 1 aromatic heterocycles. The number of carbonyl (C=O) groups is 2. The van der Waals surface area contributed by atoms with Crippen molar-refractivity contribution in [1.29, 1.82) is 0 Å². The van der Waals surface area contributed by atoms with Crippen molar-refractivity contribution >= 4 is 12.1 Å². The number of nitrogens with one attached hydrogen (secondary N) is 1. The number of nitrogens with zero attached hydrogens (tertiary/aromatic N) is 1. The number of ether oxygens (including phenoxy) is 2. The van der Waals surface area contributed by atoms with Gasteiger partial charge in [-0.05, 0) is 19.4 Å². The number of methoxy groups -OCH3 is 1. The van der Waals surface area contributed by atoms with E-state index in [4.69, 9.17) is 9.15 Å². The van der Waals surface area contributed by atoms with Crippen LogP contribution in [0.15, 0.2) is 34.7 Å². The number of rotatable bonds is 5. The number of oxazole rings is 1. The molecule has 1 N–H and O–H groups in total. The molecule has 0 fully saturated rings. The van der Waals surface area contributed by atoms with Crippen molar-refractivity contribution in [3.8, 4) is 0 Å². The average Bonchev–Trinajstić information content (AvgIpc) is 2.95. The van der Waals surface area contributed by atoms with Crippen LogP contribution < -0.4 is 5.32 Å². The van der Waals surface area contributed by atoms with E-state index < -0.39 is 18.1 Å². The Labute approximate surface area is 133 Å². The maximum absolute atomic E-state index is 11.8. The number of carbonyl (C=O) groups excluding carboxylic acids is 2. The van der Waals surface area contributed by atoms with Crippen LogP contribution in [0.4, 0.5) is 4.79 Å². The molecule has 0 bridgehead atoms. The monoisotopic (exact) mass is 318 g/mol. The molecule has 0 saturated heterocycles. The molecule has 122 valence electrons. The first-order chi connectivity index (χ1) is 11.0. The molecule has 0 aliphatic heterocycles. The van der Waals surface area contributed by atoms with Crippen molar-refractivity contribution < 1.29 is 23.5 Å². The Kier molecular flexibility index (Phi) is 5.35. The third-order valence-electron chi connectivity index (χ3n) is 3.11. The van der Waals surface area contributed by atoms with E-state index >= 15 is 0 Å². The molecule has 1 aromatic carbocycles. The first kappa shape index (κ1) is 16.5. The lowest BCUT2D eigenvalue weighted by Crippen LogP contribution is -2.27. The molecule has 0 saturated carbocycles. The number of hydrogen-bond donors (Lipinski definition) is 1. The summed E-state index contributed by atoms with van der Waals surface area (Å²) in [4.78, 5) is 27.3. The highest BCUT2D eigenvalue weighted by molar-refractivity contribution is 5.88. The molecule has 2 rings (SSSR count). The zero-order valence-corrected chi connectivity index (χ0v) is 13.2. The van der Waals surface area contributed by atoms with Gasteiger partial charge in [0.1, 0.15) is 18.4 Å². The van der Waals surface area contributed by atoms with Gasteiger partial charge in [-0.15, -0.1) is 0 Å². The van der Waals surface area contributed by atoms with Gasteiger partial charge in [-0.2, -0.15) is 0 Å². The molecule has 2 aromatic rings. The summed E-state index contributed by atoms with van der Waals surface area (Å²) in [7, 11) is 1.26. The van der Waals surface area contributed by atoms with E-state index in [0.29, 0.717) is 5.76 Å². The van der Waals surface area contributed by atoms with E-state index in [1.165, 1.54) is 7.11 Å². The molecule has 0 aliphatic carbocycles. The van der Waals surface area contributed by atoms with Gasteiger partial charge in [0.2, 0.25) is 5.89 Å². The Morgan fingerprint density at radius 2 is 2.00 bits per heavy atom. The van der Waals surface area contributed by atoms with E-state index in [1.807, 2.05) is 30.3 Å². The van der Waals surface area contributed by atoms with Gasteiger partial charge in [-0.3, -0.25) is 0 Å². The van der Waals surface area contributed by atoms with Gasteiger partial charge in [0.15, 0.2) is 5.69 Å². The molecule has 23 heavy (non-hydrogen) atoms. The Morgan fingerprint density at radius 1 is 1.30 bits per heavy atom. The van der Waals surface area contributed by atoms with Crippen molar-refractivity contribution in [2.45, 2.75) is 26.5 Å². The fourth-order valence-electron chi connectivity index (χ4n) is 1.89. The molecule has 7 nitrogen and oxygen atoms in total. The minimum atomic E-state index is -0.600. The van der Waals surface area contributed by atoms with Gasteiger partial charge < -0.3 is 19.2 Å². The second-order valence-corrected chi connectivity index (χ2v) is 4.88. The highest BCUT2D eigenvalue weighted by Gasteiger charge is 2.22. The van der Waals surface area contributed by atoms with Crippen LogP contribution in [0.1, 0.15) is 40.7 Å². The van der Waals surface area contributed by atoms with E-state index in [0.717, 1.165) is 5.56 Å². The topological polar surface area (TPSA) is 90.7 Å². The van der Waals surface area contributed by atoms with Crippen molar-refractivity contribution in [2.24, 2.45) is 0 Å². The summed E-state index contributed by atoms with van der Waals surface area (Å²) in [5, 5.41) is 2.59. The number of esters is 1. The van der Waals surface area contributed by atoms with Crippen molar-refractivity contribution in [3.05, 3.63) is 53.2 Å². The second kappa shape index (κ2) is 7.44. The largest absolute Gasteiger partial charge is 0.464 e. The van der Waals surface area contributed by atoms with Crippen LogP contribution in [0, 0.1) is 6.92 Å². The Hall–Kier alpha value is -2.83. The maximum atomic E-state index is 11.8. The van der Waals surface area contributed by atoms with E-state index in [9.17, 15) is 9.59 Å². The van der Waals surface area contributed by atoms with Crippen molar-refractivity contribution in [3.63, 3.8) is 0 Å². The quantitative estimate of drug-likeness (QED) is 0.852. The number of amides is 1. The fraction of sp³-hybridized carbons (Fsp3) is 0.312. The van der Waals surface area contributed by atoms with E-state index in [2.05, 4.69) is 15.0 Å². The van der Waals surface area contributed by atoms with Crippen LogP contribution in [0.5, 0.6) is 0 Å². The van der Waals surface area contributed by atoms with Crippen LogP contribution >= 0.6 is 0 Å². The predicted molar refractivity (Wildman–Crippen MR) is 80.8 cm³/mol. The minimum absolute atomic E-state index is 0.0915. The number of aryl methyl sites for hydroxylation is 1. The molecule has 1 atom stereocenters. The Morgan fingerprint density at radius 3 is 2.65 bits per heavy atom. The molecule has 1 heterocycles. The summed E-state index contributed by atoms with van der Waals surface area (Å²) in [6.07, 6.45) is -0.600. The molecule has 1 amide bonds. The zero-order valence-electron chi connectivity index (χ0n) is 13.2. The van der Waals surface area contributed by atoms with Gasteiger partial charge in [0.25, 0.3) is 0 Å². The van der Waals surface area contributed by atoms with E-state index in [-0.39, 0.29) is 18.2 Å². The molecule has 0 aliphatic rings. The van der Waals surface area contributed by atoms with E-state index in [1.54, 1.807) is 13.8 Å². The van der Waals surface area contributed by atoms with Gasteiger partial charge in [0, 0.05) is 0 Å². The van der Waals surface area contributed by atoms with Gasteiger partial charge in [-0.1, -0.05) is 30.3 Å². The summed E-state index contributed by atoms with van der Waals surface area (Å²) in [5.74, 6) is -0.0472. The summed E-state index contributed by atoms with van der Waals surface area (Å²) in [6.45, 7) is 3.44. The second-order valence-electron chi connectivity index (χ2n) is 4.88. The van der Waals surface area contributed by atoms with Crippen LogP contribution in [-0.2, 0) is 16.1 Å². The SMILES string of the molecule is COC(=O)c1nc([C@@H](C)NC(=O)OCc2ccccc2)oc1C. The number of hydrogen-bond acceptors (Lipinski definition) is 6. The van der Waals surface area contributed by atoms with Crippen LogP contribution in [0.3, 0.4) is 0 Å². The number of alkyl carbamates (subject to hydrolysis) is 1. The highest BCUT2D eigenvalue weighted by Crippen LogP contribution is 2.17. The average molecular weight is 318 g/mol. The zero-order chi connectivity index (χ0) is 16.8. The lowest BCUT2D eigenvalue weighted by molar-refractivity contribution is 0.0592. The summed E-state index contributed by atoms with van der Waals surface area (Å²) >= 11 is 0. The van der Waals surface area contributed by atoms with Crippen molar-refractivity contribution in [1.82, 2.24) is 10.3 Å². The Balaban J connectivity index is 1.92. The maximum Gasteiger partial charge on any atom is 0.408 e. The molecular formula is C16H18N2O5. The lowest BCUT2D eigenvalue weighted by Gasteiger charge is -2.11. The first-order valence-corrected chi connectivity index (χ1v) is 7.04. The summed E-state index contributed by atoms with van der Waals surface area (Å²) < 4.78 is 15.1. The number of aromatic nitrogens is 1. The van der Waals surface area contributed by atoms with Gasteiger partial charge in [0.05, 0.1) is 7.11 Å². The van der Waals surface area contributed by atoms with Crippen LogP contribution in [-0.4, -0.2) is 24.2 Å². The lowest BCUT2D eigenvalue weighted by atomic mass is 10.2. The smallest absolute Gasteiger partial charge is 0.408 e. The summed E-state index contributed by atoms with van der Waals surface area (Å²) in [5.41, 5.74) is 0.976. The molecule has 0 radical (unpaired) electrons. The fourth-order valence-corrected chi connectivity index (χ4v) is 1.89. The number of benzene rings is 1. The summed E-state index contributed by atoms with van der Waals surface area (Å²) in [6, 6.07) is 8.78. The Bertz CT molecular complexity index is 681. The predicted octanol–water partition coefficient (Wildman–Crippen LogP) is 2.76. The minimum Gasteiger partial charge on any atom is -0.464 e. The first-order valence-electron chi connectivity index (χ1n) is 7.04. The third-order valence-corrected chi connectivity index (χ3v) is 3.11. The van der Waals surface area contributed by atoms with Gasteiger partial charge >= 0.3 is 12.1 Å². The standard InChI is InChI=1S/C16H18N2O5/c1-10(14-18-13(11(2)23-14)15(19)21-3)17-16(20)22-9-12-7-5-4-6-8-12/h4-8,10H,9H2,1-3H3,(H,17,20)/t10-/m1/s1. The highest BCUT2D eigenvalue weighted by atomic mass is 16.5. The van der Waals surface area contributed by atoms with Crippen LogP contribution in [0.2, 0.25) is 0 Å². The molecule has 7 heteroatoms. The third kappa shape index (κ3) is 4.32. The molecular weight excluding hydrogens is 300 g/mol. The molecule has 0 unspecified atom stereocenters. The normalized spacial score (nSPS) is 11.6.